The number of fused-ring (bicyclic) bond motifs is 1. The van der Waals surface area contributed by atoms with Crippen molar-refractivity contribution in [2.75, 3.05) is 6.54 Å². The monoisotopic (exact) mass is 190 g/mol. The Hall–Kier alpha value is -1.81. The molecule has 0 bridgehead atoms. The van der Waals surface area contributed by atoms with Gasteiger partial charge in [0.2, 0.25) is 0 Å². The van der Waals surface area contributed by atoms with E-state index in [1.54, 1.807) is 11.6 Å². The Bertz CT molecular complexity index is 378. The molecule has 0 aromatic carbocycles. The molecule has 4 heteroatoms. The number of carbonyl (C=O) groups excluding carboxylic acids is 1. The van der Waals surface area contributed by atoms with E-state index in [0.717, 1.165) is 5.70 Å². The van der Waals surface area contributed by atoms with Crippen LogP contribution in [0.15, 0.2) is 47.9 Å². The van der Waals surface area contributed by atoms with Crippen LogP contribution in [0, 0.1) is 0 Å². The molecule has 2 rings (SSSR count). The van der Waals surface area contributed by atoms with Gasteiger partial charge in [0.15, 0.2) is 0 Å². The van der Waals surface area contributed by atoms with Gasteiger partial charge >= 0.3 is 0 Å². The summed E-state index contributed by atoms with van der Waals surface area (Å²) >= 11 is 0. The van der Waals surface area contributed by atoms with Crippen LogP contribution >= 0.6 is 0 Å². The second-order valence-corrected chi connectivity index (χ2v) is 3.05. The van der Waals surface area contributed by atoms with Crippen LogP contribution in [0.5, 0.6) is 0 Å². The maximum atomic E-state index is 11.1. The molecule has 1 amide bonds. The summed E-state index contributed by atoms with van der Waals surface area (Å²) in [5.74, 6) is -0.455. The SMILES string of the molecule is O=C(NO)C1=CC=C2C=CC=CN2C1. The van der Waals surface area contributed by atoms with E-state index in [9.17, 15) is 4.79 Å². The highest BCUT2D eigenvalue weighted by atomic mass is 16.5. The second kappa shape index (κ2) is 3.51. The lowest BCUT2D eigenvalue weighted by molar-refractivity contribution is -0.125. The first-order chi connectivity index (χ1) is 6.81. The fourth-order valence-electron chi connectivity index (χ4n) is 1.43. The maximum absolute atomic E-state index is 11.1. The highest BCUT2D eigenvalue weighted by molar-refractivity contribution is 5.93. The Morgan fingerprint density at radius 1 is 1.43 bits per heavy atom. The highest BCUT2D eigenvalue weighted by Crippen LogP contribution is 2.19. The van der Waals surface area contributed by atoms with E-state index in [0.29, 0.717) is 12.1 Å². The van der Waals surface area contributed by atoms with Crippen molar-refractivity contribution in [3.05, 3.63) is 47.9 Å². The summed E-state index contributed by atoms with van der Waals surface area (Å²) in [5, 5.41) is 8.47. The summed E-state index contributed by atoms with van der Waals surface area (Å²) in [6.07, 6.45) is 11.2. The fraction of sp³-hybridized carbons (Fsp3) is 0.100. The van der Waals surface area contributed by atoms with Gasteiger partial charge in [0.25, 0.3) is 5.91 Å². The molecule has 2 heterocycles. The molecule has 0 atom stereocenters. The zero-order chi connectivity index (χ0) is 9.97. The number of rotatable bonds is 1. The van der Waals surface area contributed by atoms with E-state index in [1.165, 1.54) is 0 Å². The summed E-state index contributed by atoms with van der Waals surface area (Å²) in [6, 6.07) is 0. The summed E-state index contributed by atoms with van der Waals surface area (Å²) in [4.78, 5) is 13.0. The van der Waals surface area contributed by atoms with Crippen LogP contribution in [0.25, 0.3) is 0 Å². The smallest absolute Gasteiger partial charge is 0.272 e. The first-order valence-electron chi connectivity index (χ1n) is 4.28. The standard InChI is InChI=1S/C10H10N2O2/c13-10(11-14)8-4-5-9-3-1-2-6-12(9)7-8/h1-6,14H,7H2,(H,11,13). The highest BCUT2D eigenvalue weighted by Gasteiger charge is 2.17. The van der Waals surface area contributed by atoms with Crippen molar-refractivity contribution >= 4 is 5.91 Å². The van der Waals surface area contributed by atoms with Gasteiger partial charge in [0.1, 0.15) is 0 Å². The molecule has 0 spiro atoms. The fourth-order valence-corrected chi connectivity index (χ4v) is 1.43. The van der Waals surface area contributed by atoms with Crippen molar-refractivity contribution < 1.29 is 10.0 Å². The third kappa shape index (κ3) is 1.47. The maximum Gasteiger partial charge on any atom is 0.272 e. The van der Waals surface area contributed by atoms with Gasteiger partial charge in [-0.3, -0.25) is 10.0 Å². The molecule has 14 heavy (non-hydrogen) atoms. The van der Waals surface area contributed by atoms with Crippen LogP contribution < -0.4 is 5.48 Å². The summed E-state index contributed by atoms with van der Waals surface area (Å²) in [5.41, 5.74) is 3.21. The lowest BCUT2D eigenvalue weighted by Crippen LogP contribution is -2.30. The van der Waals surface area contributed by atoms with Gasteiger partial charge in [0.05, 0.1) is 6.54 Å². The van der Waals surface area contributed by atoms with E-state index < -0.39 is 5.91 Å². The van der Waals surface area contributed by atoms with E-state index in [1.807, 2.05) is 35.4 Å². The molecule has 0 radical (unpaired) electrons. The normalized spacial score (nSPS) is 18.5. The molecule has 72 valence electrons. The van der Waals surface area contributed by atoms with Crippen LogP contribution in [0.3, 0.4) is 0 Å². The van der Waals surface area contributed by atoms with Gasteiger partial charge in [-0.05, 0) is 24.3 Å². The number of allylic oxidation sites excluding steroid dienone is 5. The third-order valence-electron chi connectivity index (χ3n) is 2.16. The number of hydroxylamine groups is 1. The minimum absolute atomic E-state index is 0.455. The van der Waals surface area contributed by atoms with Crippen LogP contribution in [-0.2, 0) is 4.79 Å². The molecule has 2 aliphatic heterocycles. The summed E-state index contributed by atoms with van der Waals surface area (Å²) in [7, 11) is 0. The van der Waals surface area contributed by atoms with Crippen molar-refractivity contribution in [1.29, 1.82) is 0 Å². The van der Waals surface area contributed by atoms with Gasteiger partial charge in [-0.25, -0.2) is 5.48 Å². The minimum Gasteiger partial charge on any atom is -0.343 e. The van der Waals surface area contributed by atoms with Gasteiger partial charge < -0.3 is 4.90 Å². The topological polar surface area (TPSA) is 52.6 Å². The Kier molecular flexibility index (Phi) is 2.20. The van der Waals surface area contributed by atoms with Crippen molar-refractivity contribution in [3.63, 3.8) is 0 Å². The summed E-state index contributed by atoms with van der Waals surface area (Å²) in [6.45, 7) is 0.485. The lowest BCUT2D eigenvalue weighted by Gasteiger charge is -2.26. The van der Waals surface area contributed by atoms with Crippen molar-refractivity contribution in [2.24, 2.45) is 0 Å². The molecule has 0 aromatic rings. The van der Waals surface area contributed by atoms with Crippen LogP contribution in [0.2, 0.25) is 0 Å². The Labute approximate surface area is 81.5 Å². The molecule has 4 nitrogen and oxygen atoms in total. The number of nitrogens with zero attached hydrogens (tertiary/aromatic N) is 1. The van der Waals surface area contributed by atoms with Gasteiger partial charge in [-0.15, -0.1) is 0 Å². The Morgan fingerprint density at radius 3 is 3.07 bits per heavy atom. The van der Waals surface area contributed by atoms with Crippen molar-refractivity contribution in [3.8, 4) is 0 Å². The quantitative estimate of drug-likeness (QED) is 0.472. The molecule has 0 saturated carbocycles. The molecule has 0 unspecified atom stereocenters. The number of hydrogen-bond acceptors (Lipinski definition) is 3. The average Bonchev–Trinajstić information content (AvgIpc) is 2.27. The Balaban J connectivity index is 2.23. The molecule has 0 fully saturated rings. The molecule has 2 aliphatic rings. The molecule has 0 aromatic heterocycles. The predicted molar refractivity (Wildman–Crippen MR) is 51.1 cm³/mol. The van der Waals surface area contributed by atoms with Gasteiger partial charge in [-0.2, -0.15) is 0 Å². The van der Waals surface area contributed by atoms with E-state index >= 15 is 0 Å². The minimum atomic E-state index is -0.455. The van der Waals surface area contributed by atoms with E-state index in [2.05, 4.69) is 0 Å². The van der Waals surface area contributed by atoms with Crippen LogP contribution in [0.4, 0.5) is 0 Å². The zero-order valence-corrected chi connectivity index (χ0v) is 7.47. The zero-order valence-electron chi connectivity index (χ0n) is 7.47. The molecule has 2 N–H and O–H groups in total. The Morgan fingerprint density at radius 2 is 2.29 bits per heavy atom. The number of amides is 1. The van der Waals surface area contributed by atoms with Crippen LogP contribution in [-0.4, -0.2) is 22.6 Å². The number of hydrogen-bond donors (Lipinski definition) is 2. The molecule has 0 aliphatic carbocycles. The first kappa shape index (κ1) is 8.77. The molecular weight excluding hydrogens is 180 g/mol. The van der Waals surface area contributed by atoms with E-state index in [4.69, 9.17) is 5.21 Å². The predicted octanol–water partition coefficient (Wildman–Crippen LogP) is 0.701. The number of carbonyl (C=O) groups is 1. The molecule has 0 saturated heterocycles. The van der Waals surface area contributed by atoms with Gasteiger partial charge in [0, 0.05) is 17.5 Å². The largest absolute Gasteiger partial charge is 0.343 e. The average molecular weight is 190 g/mol. The number of nitrogens with one attached hydrogen (secondary N) is 1. The second-order valence-electron chi connectivity index (χ2n) is 3.05. The van der Waals surface area contributed by atoms with Gasteiger partial charge in [-0.1, -0.05) is 6.08 Å². The van der Waals surface area contributed by atoms with Crippen molar-refractivity contribution in [2.45, 2.75) is 0 Å². The molecular formula is C10H10N2O2. The van der Waals surface area contributed by atoms with Crippen molar-refractivity contribution in [1.82, 2.24) is 10.4 Å². The third-order valence-corrected chi connectivity index (χ3v) is 2.16. The lowest BCUT2D eigenvalue weighted by atomic mass is 10.1. The van der Waals surface area contributed by atoms with Crippen LogP contribution in [0.1, 0.15) is 0 Å². The first-order valence-corrected chi connectivity index (χ1v) is 4.28. The van der Waals surface area contributed by atoms with E-state index in [-0.39, 0.29) is 0 Å². The summed E-state index contributed by atoms with van der Waals surface area (Å²) < 4.78 is 0.